The Hall–Kier alpha value is -3.36. The van der Waals surface area contributed by atoms with E-state index in [4.69, 9.17) is 14.5 Å². The Morgan fingerprint density at radius 1 is 1.10 bits per heavy atom. The molecular formula is C29H30N4O6S3. The molecule has 6 rings (SSSR count). The smallest absolute Gasteiger partial charge is 0.265 e. The van der Waals surface area contributed by atoms with Gasteiger partial charge >= 0.3 is 0 Å². The summed E-state index contributed by atoms with van der Waals surface area (Å²) in [4.78, 5) is 20.8. The zero-order valence-electron chi connectivity index (χ0n) is 22.6. The van der Waals surface area contributed by atoms with E-state index in [1.807, 2.05) is 30.3 Å². The van der Waals surface area contributed by atoms with Gasteiger partial charge in [-0.15, -0.1) is 0 Å². The number of aromatic nitrogens is 1. The number of hydrogen-bond donors (Lipinski definition) is 3. The number of thiazole rings is 1. The van der Waals surface area contributed by atoms with Crippen molar-refractivity contribution < 1.29 is 27.9 Å². The van der Waals surface area contributed by atoms with Gasteiger partial charge in [-0.05, 0) is 67.8 Å². The van der Waals surface area contributed by atoms with Crippen molar-refractivity contribution in [2.75, 3.05) is 36.6 Å². The number of hydroxylamine groups is 1. The van der Waals surface area contributed by atoms with Gasteiger partial charge < -0.3 is 19.7 Å². The number of rotatable bonds is 10. The molecule has 1 fully saturated rings. The number of thioether (sulfide) groups is 1. The van der Waals surface area contributed by atoms with Gasteiger partial charge in [0.05, 0.1) is 27.4 Å². The second kappa shape index (κ2) is 12.1. The van der Waals surface area contributed by atoms with Crippen LogP contribution < -0.4 is 20.4 Å². The van der Waals surface area contributed by atoms with Crippen molar-refractivity contribution in [2.45, 2.75) is 39.3 Å². The zero-order chi connectivity index (χ0) is 29.2. The molecule has 0 saturated carbocycles. The Morgan fingerprint density at radius 2 is 1.83 bits per heavy atom. The maximum absolute atomic E-state index is 13.5. The molecule has 220 valence electrons. The Labute approximate surface area is 251 Å². The number of anilines is 2. The molecule has 2 aliphatic rings. The Bertz CT molecular complexity index is 1610. The molecule has 42 heavy (non-hydrogen) atoms. The molecule has 1 unspecified atom stereocenters. The summed E-state index contributed by atoms with van der Waals surface area (Å²) in [6, 6.07) is 22.4. The van der Waals surface area contributed by atoms with E-state index in [2.05, 4.69) is 28.4 Å². The van der Waals surface area contributed by atoms with Gasteiger partial charge in [-0.2, -0.15) is 0 Å². The standard InChI is InChI=1S/C29H30N4O6S3/c34-26(32-35)29(14-18-38-19-15-29)42(36,37)21-12-10-20(11-13-21)39-17-5-16-33(27-30-22-6-1-3-8-24(22)40-27)28-31-23-7-2-4-9-25(23)41-28/h1-4,6-13,27,30,35H,5,14-19H2,(H,32,34). The maximum Gasteiger partial charge on any atom is 0.265 e. The quantitative estimate of drug-likeness (QED) is 0.127. The highest BCUT2D eigenvalue weighted by atomic mass is 32.2. The van der Waals surface area contributed by atoms with Crippen LogP contribution in [0.3, 0.4) is 0 Å². The van der Waals surface area contributed by atoms with Crippen LogP contribution in [0, 0.1) is 0 Å². The Balaban J connectivity index is 1.12. The van der Waals surface area contributed by atoms with Gasteiger partial charge in [0.25, 0.3) is 5.91 Å². The first kappa shape index (κ1) is 28.7. The number of ether oxygens (including phenoxy) is 2. The number of amides is 1. The number of carbonyl (C=O) groups is 1. The van der Waals surface area contributed by atoms with Gasteiger partial charge in [0.1, 0.15) is 5.75 Å². The number of para-hydroxylation sites is 2. The van der Waals surface area contributed by atoms with Crippen LogP contribution in [0.5, 0.6) is 5.75 Å². The van der Waals surface area contributed by atoms with Crippen LogP contribution in [0.15, 0.2) is 82.6 Å². The van der Waals surface area contributed by atoms with Gasteiger partial charge in [-0.1, -0.05) is 47.4 Å². The lowest BCUT2D eigenvalue weighted by Gasteiger charge is -2.34. The summed E-state index contributed by atoms with van der Waals surface area (Å²) >= 11 is 3.41. The number of fused-ring (bicyclic) bond motifs is 2. The summed E-state index contributed by atoms with van der Waals surface area (Å²) in [5.74, 6) is -0.421. The molecule has 13 heteroatoms. The van der Waals surface area contributed by atoms with Gasteiger partial charge in [0, 0.05) is 24.7 Å². The molecule has 1 amide bonds. The van der Waals surface area contributed by atoms with Crippen molar-refractivity contribution in [3.05, 3.63) is 72.8 Å². The fraction of sp³-hybridized carbons (Fsp3) is 0.310. The van der Waals surface area contributed by atoms with Gasteiger partial charge in [0.2, 0.25) is 0 Å². The minimum absolute atomic E-state index is 0.00809. The first-order chi connectivity index (χ1) is 20.4. The van der Waals surface area contributed by atoms with E-state index in [0.717, 1.165) is 21.0 Å². The van der Waals surface area contributed by atoms with Crippen molar-refractivity contribution in [3.8, 4) is 5.75 Å². The SMILES string of the molecule is O=C(NO)C1(S(=O)(=O)c2ccc(OCCCN(c3nc4ccccc4s3)C3Nc4ccccc4S3)cc2)CCOCC1. The Kier molecular flexibility index (Phi) is 8.28. The lowest BCUT2D eigenvalue weighted by atomic mass is 9.98. The van der Waals surface area contributed by atoms with Crippen molar-refractivity contribution in [3.63, 3.8) is 0 Å². The number of benzene rings is 3. The van der Waals surface area contributed by atoms with E-state index >= 15 is 0 Å². The number of carbonyl (C=O) groups excluding carboxylic acids is 1. The largest absolute Gasteiger partial charge is 0.494 e. The van der Waals surface area contributed by atoms with E-state index in [0.29, 0.717) is 25.3 Å². The molecule has 1 saturated heterocycles. The first-order valence-electron chi connectivity index (χ1n) is 13.6. The van der Waals surface area contributed by atoms with Crippen LogP contribution in [-0.2, 0) is 19.4 Å². The predicted octanol–water partition coefficient (Wildman–Crippen LogP) is 4.90. The second-order valence-electron chi connectivity index (χ2n) is 9.99. The number of hydrogen-bond acceptors (Lipinski definition) is 11. The molecule has 4 aromatic rings. The number of nitrogens with zero attached hydrogens (tertiary/aromatic N) is 2. The van der Waals surface area contributed by atoms with E-state index in [-0.39, 0.29) is 36.4 Å². The molecule has 0 radical (unpaired) electrons. The van der Waals surface area contributed by atoms with Crippen molar-refractivity contribution >= 4 is 59.9 Å². The minimum atomic E-state index is -4.09. The molecule has 1 atom stereocenters. The molecule has 10 nitrogen and oxygen atoms in total. The summed E-state index contributed by atoms with van der Waals surface area (Å²) in [5.41, 5.74) is 3.59. The van der Waals surface area contributed by atoms with Gasteiger partial charge in [-0.25, -0.2) is 18.9 Å². The third-order valence-corrected chi connectivity index (χ3v) is 12.3. The monoisotopic (exact) mass is 626 g/mol. The average Bonchev–Trinajstić information content (AvgIpc) is 3.65. The third-order valence-electron chi connectivity index (χ3n) is 7.49. The topological polar surface area (TPSA) is 130 Å². The predicted molar refractivity (Wildman–Crippen MR) is 163 cm³/mol. The molecule has 0 spiro atoms. The van der Waals surface area contributed by atoms with Crippen LogP contribution in [0.25, 0.3) is 10.2 Å². The summed E-state index contributed by atoms with van der Waals surface area (Å²) in [6.07, 6.45) is 0.625. The van der Waals surface area contributed by atoms with Crippen LogP contribution in [0.4, 0.5) is 10.8 Å². The van der Waals surface area contributed by atoms with Gasteiger partial charge in [0.15, 0.2) is 25.2 Å². The molecule has 0 aliphatic carbocycles. The molecule has 3 heterocycles. The highest BCUT2D eigenvalue weighted by molar-refractivity contribution is 8.00. The summed E-state index contributed by atoms with van der Waals surface area (Å²) < 4.78 is 37.6. The number of sulfone groups is 1. The maximum atomic E-state index is 13.5. The lowest BCUT2D eigenvalue weighted by molar-refractivity contribution is -0.134. The molecule has 1 aromatic heterocycles. The highest BCUT2D eigenvalue weighted by Gasteiger charge is 2.52. The lowest BCUT2D eigenvalue weighted by Crippen LogP contribution is -2.54. The zero-order valence-corrected chi connectivity index (χ0v) is 25.0. The molecule has 3 N–H and O–H groups in total. The molecule has 0 bridgehead atoms. The van der Waals surface area contributed by atoms with E-state index in [1.54, 1.807) is 35.2 Å². The molecule has 3 aromatic carbocycles. The summed E-state index contributed by atoms with van der Waals surface area (Å²) in [6.45, 7) is 1.32. The second-order valence-corrected chi connectivity index (χ2v) is 14.4. The summed E-state index contributed by atoms with van der Waals surface area (Å²) in [5, 5.41) is 13.8. The fourth-order valence-corrected chi connectivity index (χ4v) is 9.39. The number of nitrogens with one attached hydrogen (secondary N) is 2. The van der Waals surface area contributed by atoms with E-state index in [1.165, 1.54) is 22.5 Å². The summed E-state index contributed by atoms with van der Waals surface area (Å²) in [7, 11) is -4.09. The minimum Gasteiger partial charge on any atom is -0.494 e. The van der Waals surface area contributed by atoms with E-state index in [9.17, 15) is 18.4 Å². The van der Waals surface area contributed by atoms with Crippen LogP contribution in [0.1, 0.15) is 19.3 Å². The average molecular weight is 627 g/mol. The van der Waals surface area contributed by atoms with Crippen LogP contribution in [-0.4, -0.2) is 61.1 Å². The van der Waals surface area contributed by atoms with Crippen molar-refractivity contribution in [2.24, 2.45) is 0 Å². The Morgan fingerprint density at radius 3 is 2.57 bits per heavy atom. The fourth-order valence-electron chi connectivity index (χ4n) is 5.20. The highest BCUT2D eigenvalue weighted by Crippen LogP contribution is 2.42. The first-order valence-corrected chi connectivity index (χ1v) is 16.7. The van der Waals surface area contributed by atoms with Gasteiger partial charge in [-0.3, -0.25) is 10.0 Å². The molecule has 2 aliphatic heterocycles. The molecular weight excluding hydrogens is 597 g/mol. The normalized spacial score (nSPS) is 17.8. The van der Waals surface area contributed by atoms with Crippen molar-refractivity contribution in [1.82, 2.24) is 10.5 Å². The van der Waals surface area contributed by atoms with Crippen LogP contribution in [0.2, 0.25) is 0 Å². The van der Waals surface area contributed by atoms with Crippen molar-refractivity contribution in [1.29, 1.82) is 0 Å². The van der Waals surface area contributed by atoms with Crippen LogP contribution >= 0.6 is 23.1 Å². The van der Waals surface area contributed by atoms with E-state index < -0.39 is 20.5 Å². The third kappa shape index (κ3) is 5.42.